The second kappa shape index (κ2) is 7.40. The van der Waals surface area contributed by atoms with Crippen LogP contribution in [-0.4, -0.2) is 51.1 Å². The Labute approximate surface area is 169 Å². The highest BCUT2D eigenvalue weighted by Crippen LogP contribution is 2.44. The second-order valence-electron chi connectivity index (χ2n) is 8.35. The SMILES string of the molecule is C[C@](O)(c1ccc(C(=O)N(C2CC2)[C@H]2CC[C@](O)(C(F)(F)F)CC2)cc1)C(F)(F)F. The van der Waals surface area contributed by atoms with E-state index in [9.17, 15) is 41.4 Å². The van der Waals surface area contributed by atoms with Gasteiger partial charge in [0.15, 0.2) is 11.2 Å². The summed E-state index contributed by atoms with van der Waals surface area (Å²) in [6.45, 7) is 0.615. The van der Waals surface area contributed by atoms with Crippen LogP contribution in [0.1, 0.15) is 61.4 Å². The summed E-state index contributed by atoms with van der Waals surface area (Å²) in [6, 6.07) is 3.80. The lowest BCUT2D eigenvalue weighted by atomic mass is 9.81. The fraction of sp³-hybridized carbons (Fsp3) is 0.650. The van der Waals surface area contributed by atoms with E-state index in [1.807, 2.05) is 0 Å². The van der Waals surface area contributed by atoms with Crippen LogP contribution in [-0.2, 0) is 5.60 Å². The van der Waals surface area contributed by atoms with Gasteiger partial charge in [0.2, 0.25) is 0 Å². The number of aliphatic hydroxyl groups is 2. The largest absolute Gasteiger partial charge is 0.421 e. The number of carbonyl (C=O) groups is 1. The van der Waals surface area contributed by atoms with E-state index in [0.717, 1.165) is 12.1 Å². The smallest absolute Gasteiger partial charge is 0.380 e. The summed E-state index contributed by atoms with van der Waals surface area (Å²) in [6.07, 6.45) is -9.28. The van der Waals surface area contributed by atoms with Crippen LogP contribution in [0.5, 0.6) is 0 Å². The van der Waals surface area contributed by atoms with Gasteiger partial charge in [0.05, 0.1) is 0 Å². The summed E-state index contributed by atoms with van der Waals surface area (Å²) >= 11 is 0. The molecule has 0 aromatic heterocycles. The number of rotatable bonds is 4. The highest BCUT2D eigenvalue weighted by Gasteiger charge is 2.56. The average molecular weight is 439 g/mol. The van der Waals surface area contributed by atoms with Gasteiger partial charge in [-0.25, -0.2) is 0 Å². The second-order valence-corrected chi connectivity index (χ2v) is 8.35. The van der Waals surface area contributed by atoms with Crippen molar-refractivity contribution in [2.24, 2.45) is 0 Å². The molecule has 0 bridgehead atoms. The zero-order valence-corrected chi connectivity index (χ0v) is 16.2. The predicted molar refractivity (Wildman–Crippen MR) is 94.5 cm³/mol. The van der Waals surface area contributed by atoms with E-state index in [1.165, 1.54) is 17.0 Å². The fourth-order valence-electron chi connectivity index (χ4n) is 3.87. The molecule has 2 saturated carbocycles. The first-order valence-electron chi connectivity index (χ1n) is 9.69. The number of carbonyl (C=O) groups excluding carboxylic acids is 1. The van der Waals surface area contributed by atoms with Crippen molar-refractivity contribution < 1.29 is 41.4 Å². The Hall–Kier alpha value is -1.81. The summed E-state index contributed by atoms with van der Waals surface area (Å²) in [7, 11) is 0. The Morgan fingerprint density at radius 3 is 1.83 bits per heavy atom. The first-order valence-corrected chi connectivity index (χ1v) is 9.69. The molecule has 4 nitrogen and oxygen atoms in total. The molecule has 0 heterocycles. The number of nitrogens with zero attached hydrogens (tertiary/aromatic N) is 1. The number of alkyl halides is 6. The van der Waals surface area contributed by atoms with Crippen LogP contribution >= 0.6 is 0 Å². The predicted octanol–water partition coefficient (Wildman–Crippen LogP) is 4.30. The molecule has 168 valence electrons. The van der Waals surface area contributed by atoms with E-state index < -0.39 is 53.9 Å². The maximum atomic E-state index is 13.0. The van der Waals surface area contributed by atoms with Gasteiger partial charge in [-0.2, -0.15) is 26.3 Å². The van der Waals surface area contributed by atoms with Crippen LogP contribution in [0.3, 0.4) is 0 Å². The van der Waals surface area contributed by atoms with Crippen molar-refractivity contribution in [2.45, 2.75) is 81.1 Å². The Balaban J connectivity index is 1.76. The lowest BCUT2D eigenvalue weighted by Crippen LogP contribution is -2.52. The molecule has 3 rings (SSSR count). The van der Waals surface area contributed by atoms with E-state index in [-0.39, 0.29) is 24.4 Å². The summed E-state index contributed by atoms with van der Waals surface area (Å²) in [5.41, 5.74) is -6.15. The summed E-state index contributed by atoms with van der Waals surface area (Å²) < 4.78 is 78.1. The molecule has 1 atom stereocenters. The van der Waals surface area contributed by atoms with E-state index in [1.54, 1.807) is 0 Å². The number of halogens is 6. The highest BCUT2D eigenvalue weighted by atomic mass is 19.4. The lowest BCUT2D eigenvalue weighted by Gasteiger charge is -2.41. The molecule has 2 aliphatic rings. The molecule has 1 aromatic rings. The minimum absolute atomic E-state index is 0.0148. The van der Waals surface area contributed by atoms with Crippen molar-refractivity contribution in [1.29, 1.82) is 0 Å². The standard InChI is InChI=1S/C20H23F6NO3/c1-17(29,19(21,22)23)13-4-2-12(3-5-13)16(28)27(14-6-7-14)15-8-10-18(30,11-9-15)20(24,25)26/h2-5,14-15,29-30H,6-11H2,1H3/t15-,17-,18+/m0/s1. The third-order valence-electron chi connectivity index (χ3n) is 6.12. The van der Waals surface area contributed by atoms with Crippen LogP contribution in [0, 0.1) is 0 Å². The minimum atomic E-state index is -4.89. The van der Waals surface area contributed by atoms with E-state index in [2.05, 4.69) is 0 Å². The van der Waals surface area contributed by atoms with Gasteiger partial charge in [0, 0.05) is 17.6 Å². The van der Waals surface area contributed by atoms with Crippen LogP contribution in [0.25, 0.3) is 0 Å². The monoisotopic (exact) mass is 439 g/mol. The molecule has 2 fully saturated rings. The average Bonchev–Trinajstić information content (AvgIpc) is 3.47. The van der Waals surface area contributed by atoms with Gasteiger partial charge in [0.1, 0.15) is 0 Å². The van der Waals surface area contributed by atoms with Crippen molar-refractivity contribution in [3.05, 3.63) is 35.4 Å². The summed E-state index contributed by atoms with van der Waals surface area (Å²) in [5, 5.41) is 19.6. The molecule has 0 aliphatic heterocycles. The van der Waals surface area contributed by atoms with E-state index in [0.29, 0.717) is 19.8 Å². The topological polar surface area (TPSA) is 60.8 Å². The van der Waals surface area contributed by atoms with Gasteiger partial charge >= 0.3 is 12.4 Å². The maximum Gasteiger partial charge on any atom is 0.421 e. The Kier molecular flexibility index (Phi) is 5.64. The third kappa shape index (κ3) is 4.16. The third-order valence-corrected chi connectivity index (χ3v) is 6.12. The van der Waals surface area contributed by atoms with Gasteiger partial charge < -0.3 is 15.1 Å². The first-order chi connectivity index (χ1) is 13.7. The van der Waals surface area contributed by atoms with Gasteiger partial charge in [-0.3, -0.25) is 4.79 Å². The van der Waals surface area contributed by atoms with Gasteiger partial charge in [-0.05, 0) is 63.1 Å². The molecule has 10 heteroatoms. The van der Waals surface area contributed by atoms with Crippen LogP contribution in [0.2, 0.25) is 0 Å². The van der Waals surface area contributed by atoms with E-state index in [4.69, 9.17) is 0 Å². The normalized spacial score (nSPS) is 27.4. The molecular formula is C20H23F6NO3. The molecule has 0 unspecified atom stereocenters. The minimum Gasteiger partial charge on any atom is -0.380 e. The van der Waals surface area contributed by atoms with E-state index >= 15 is 0 Å². The molecule has 2 N–H and O–H groups in total. The number of benzene rings is 1. The van der Waals surface area contributed by atoms with Crippen molar-refractivity contribution >= 4 is 5.91 Å². The van der Waals surface area contributed by atoms with Crippen LogP contribution in [0.4, 0.5) is 26.3 Å². The zero-order valence-electron chi connectivity index (χ0n) is 16.2. The van der Waals surface area contributed by atoms with Crippen molar-refractivity contribution in [1.82, 2.24) is 4.90 Å². The maximum absolute atomic E-state index is 13.0. The van der Waals surface area contributed by atoms with Crippen LogP contribution in [0.15, 0.2) is 24.3 Å². The van der Waals surface area contributed by atoms with Gasteiger partial charge in [0.25, 0.3) is 5.91 Å². The molecule has 0 radical (unpaired) electrons. The number of hydrogen-bond acceptors (Lipinski definition) is 3. The Bertz CT molecular complexity index is 775. The Morgan fingerprint density at radius 2 is 1.43 bits per heavy atom. The van der Waals surface area contributed by atoms with Crippen molar-refractivity contribution in [2.75, 3.05) is 0 Å². The molecular weight excluding hydrogens is 416 g/mol. The number of amides is 1. The molecule has 1 aromatic carbocycles. The highest BCUT2D eigenvalue weighted by molar-refractivity contribution is 5.95. The Morgan fingerprint density at radius 1 is 0.967 bits per heavy atom. The molecule has 0 saturated heterocycles. The molecule has 2 aliphatic carbocycles. The quantitative estimate of drug-likeness (QED) is 0.688. The molecule has 30 heavy (non-hydrogen) atoms. The first kappa shape index (κ1) is 22.9. The van der Waals surface area contributed by atoms with Gasteiger partial charge in [-0.15, -0.1) is 0 Å². The summed E-state index contributed by atoms with van der Waals surface area (Å²) in [4.78, 5) is 14.5. The van der Waals surface area contributed by atoms with Crippen molar-refractivity contribution in [3.63, 3.8) is 0 Å². The summed E-state index contributed by atoms with van der Waals surface area (Å²) in [5.74, 6) is -0.474. The lowest BCUT2D eigenvalue weighted by molar-refractivity contribution is -0.271. The molecule has 1 amide bonds. The zero-order chi connectivity index (χ0) is 22.5. The van der Waals surface area contributed by atoms with Crippen molar-refractivity contribution in [3.8, 4) is 0 Å². The van der Waals surface area contributed by atoms with Crippen LogP contribution < -0.4 is 0 Å². The number of hydrogen-bond donors (Lipinski definition) is 2. The van der Waals surface area contributed by atoms with Gasteiger partial charge in [-0.1, -0.05) is 12.1 Å². The molecule has 0 spiro atoms. The fourth-order valence-corrected chi connectivity index (χ4v) is 3.87.